The average Bonchev–Trinajstić information content (AvgIpc) is 1.99. The third-order valence-electron chi connectivity index (χ3n) is 0.932. The Morgan fingerprint density at radius 1 is 1.27 bits per heavy atom. The first-order valence-electron chi connectivity index (χ1n) is 2.57. The first-order chi connectivity index (χ1) is 5.15. The van der Waals surface area contributed by atoms with Gasteiger partial charge < -0.3 is 4.74 Å². The largest absolute Gasteiger partial charge is 0.467 e. The number of hydrogen-bond acceptors (Lipinski definition) is 3. The molecule has 0 radical (unpaired) electrons. The molecule has 0 fully saturated rings. The maximum Gasteiger partial charge on any atom is 0.319 e. The number of halogens is 3. The standard InChI is InChI=1S/C5H3Cl2FN2O/c1-11-5-9-3(6)2(8)4(7)10-5/h1H3. The Kier molecular flexibility index (Phi) is 2.46. The highest BCUT2D eigenvalue weighted by atomic mass is 35.5. The van der Waals surface area contributed by atoms with Gasteiger partial charge in [-0.3, -0.25) is 0 Å². The van der Waals surface area contributed by atoms with E-state index >= 15 is 0 Å². The van der Waals surface area contributed by atoms with E-state index in [-0.39, 0.29) is 16.3 Å². The van der Waals surface area contributed by atoms with Gasteiger partial charge in [-0.25, -0.2) is 4.39 Å². The fourth-order valence-corrected chi connectivity index (χ4v) is 0.839. The van der Waals surface area contributed by atoms with Gasteiger partial charge in [0, 0.05) is 0 Å². The van der Waals surface area contributed by atoms with Gasteiger partial charge in [0.05, 0.1) is 7.11 Å². The minimum Gasteiger partial charge on any atom is -0.467 e. The normalized spacial score (nSPS) is 9.82. The highest BCUT2D eigenvalue weighted by molar-refractivity contribution is 6.33. The summed E-state index contributed by atoms with van der Waals surface area (Å²) >= 11 is 10.6. The van der Waals surface area contributed by atoms with Crippen molar-refractivity contribution in [3.8, 4) is 6.01 Å². The molecule has 0 aliphatic rings. The summed E-state index contributed by atoms with van der Waals surface area (Å²) in [6.07, 6.45) is 0. The number of ether oxygens (including phenoxy) is 1. The predicted molar refractivity (Wildman–Crippen MR) is 38.6 cm³/mol. The quantitative estimate of drug-likeness (QED) is 0.645. The second-order valence-corrected chi connectivity index (χ2v) is 2.32. The Bertz CT molecular complexity index is 258. The Labute approximate surface area is 72.1 Å². The van der Waals surface area contributed by atoms with Crippen LogP contribution >= 0.6 is 23.2 Å². The Balaban J connectivity index is 3.21. The lowest BCUT2D eigenvalue weighted by Crippen LogP contribution is -1.95. The van der Waals surface area contributed by atoms with Gasteiger partial charge in [-0.05, 0) is 0 Å². The highest BCUT2D eigenvalue weighted by Gasteiger charge is 2.10. The molecule has 0 unspecified atom stereocenters. The highest BCUT2D eigenvalue weighted by Crippen LogP contribution is 2.20. The van der Waals surface area contributed by atoms with E-state index in [2.05, 4.69) is 14.7 Å². The monoisotopic (exact) mass is 196 g/mol. The van der Waals surface area contributed by atoms with Gasteiger partial charge >= 0.3 is 6.01 Å². The van der Waals surface area contributed by atoms with Gasteiger partial charge in [0.2, 0.25) is 0 Å². The van der Waals surface area contributed by atoms with E-state index in [0.29, 0.717) is 0 Å². The molecule has 0 N–H and O–H groups in total. The molecule has 0 spiro atoms. The van der Waals surface area contributed by atoms with E-state index in [4.69, 9.17) is 23.2 Å². The van der Waals surface area contributed by atoms with Crippen LogP contribution in [0.15, 0.2) is 0 Å². The molecule has 60 valence electrons. The molecule has 0 atom stereocenters. The average molecular weight is 197 g/mol. The zero-order valence-electron chi connectivity index (χ0n) is 5.44. The third-order valence-corrected chi connectivity index (χ3v) is 1.43. The molecule has 1 heterocycles. The van der Waals surface area contributed by atoms with Crippen molar-refractivity contribution in [2.24, 2.45) is 0 Å². The Hall–Kier alpha value is -0.610. The predicted octanol–water partition coefficient (Wildman–Crippen LogP) is 1.93. The number of methoxy groups -OCH3 is 1. The van der Waals surface area contributed by atoms with Crippen LogP contribution in [0, 0.1) is 5.82 Å². The molecule has 1 aromatic rings. The van der Waals surface area contributed by atoms with Gasteiger partial charge in [-0.1, -0.05) is 23.2 Å². The van der Waals surface area contributed by atoms with Crippen LogP contribution in [-0.4, -0.2) is 17.1 Å². The van der Waals surface area contributed by atoms with Gasteiger partial charge in [-0.15, -0.1) is 0 Å². The molecule has 11 heavy (non-hydrogen) atoms. The number of hydrogen-bond donors (Lipinski definition) is 0. The molecule has 0 saturated carbocycles. The van der Waals surface area contributed by atoms with Crippen LogP contribution in [0.2, 0.25) is 10.3 Å². The summed E-state index contributed by atoms with van der Waals surface area (Å²) in [5.41, 5.74) is 0. The summed E-state index contributed by atoms with van der Waals surface area (Å²) in [5, 5.41) is -0.691. The van der Waals surface area contributed by atoms with Crippen LogP contribution in [0.5, 0.6) is 6.01 Å². The molecule has 3 nitrogen and oxygen atoms in total. The molecule has 6 heteroatoms. The van der Waals surface area contributed by atoms with Crippen molar-refractivity contribution in [2.45, 2.75) is 0 Å². The van der Waals surface area contributed by atoms with Crippen molar-refractivity contribution < 1.29 is 9.13 Å². The van der Waals surface area contributed by atoms with Crippen LogP contribution in [0.1, 0.15) is 0 Å². The van der Waals surface area contributed by atoms with Gasteiger partial charge in [0.1, 0.15) is 0 Å². The first-order valence-corrected chi connectivity index (χ1v) is 3.33. The lowest BCUT2D eigenvalue weighted by Gasteiger charge is -1.99. The van der Waals surface area contributed by atoms with Crippen molar-refractivity contribution in [3.63, 3.8) is 0 Å². The van der Waals surface area contributed by atoms with Gasteiger partial charge in [0.25, 0.3) is 0 Å². The van der Waals surface area contributed by atoms with Crippen molar-refractivity contribution in [1.82, 2.24) is 9.97 Å². The van der Waals surface area contributed by atoms with Crippen molar-refractivity contribution >= 4 is 23.2 Å². The zero-order valence-corrected chi connectivity index (χ0v) is 6.95. The summed E-state index contributed by atoms with van der Waals surface area (Å²) in [5.74, 6) is -0.839. The zero-order chi connectivity index (χ0) is 8.43. The van der Waals surface area contributed by atoms with Crippen LogP contribution in [-0.2, 0) is 0 Å². The third kappa shape index (κ3) is 1.70. The van der Waals surface area contributed by atoms with E-state index in [1.54, 1.807) is 0 Å². The summed E-state index contributed by atoms with van der Waals surface area (Å²) < 4.78 is 17.2. The molecular formula is C5H3Cl2FN2O. The number of rotatable bonds is 1. The maximum atomic E-state index is 12.6. The van der Waals surface area contributed by atoms with E-state index in [9.17, 15) is 4.39 Å². The summed E-state index contributed by atoms with van der Waals surface area (Å²) in [7, 11) is 1.33. The summed E-state index contributed by atoms with van der Waals surface area (Å²) in [6, 6.07) is -0.0543. The summed E-state index contributed by atoms with van der Waals surface area (Å²) in [6.45, 7) is 0. The fourth-order valence-electron chi connectivity index (χ4n) is 0.468. The van der Waals surface area contributed by atoms with Crippen LogP contribution in [0.4, 0.5) is 4.39 Å². The number of aromatic nitrogens is 2. The minimum atomic E-state index is -0.839. The van der Waals surface area contributed by atoms with E-state index in [1.807, 2.05) is 0 Å². The van der Waals surface area contributed by atoms with Crippen molar-refractivity contribution in [2.75, 3.05) is 7.11 Å². The SMILES string of the molecule is COc1nc(Cl)c(F)c(Cl)n1. The van der Waals surface area contributed by atoms with Crippen LogP contribution < -0.4 is 4.74 Å². The van der Waals surface area contributed by atoms with Crippen LogP contribution in [0.25, 0.3) is 0 Å². The topological polar surface area (TPSA) is 35.0 Å². The second kappa shape index (κ2) is 3.19. The molecule has 0 bridgehead atoms. The molecule has 1 rings (SSSR count). The smallest absolute Gasteiger partial charge is 0.319 e. The molecule has 0 aliphatic carbocycles. The van der Waals surface area contributed by atoms with Crippen molar-refractivity contribution in [1.29, 1.82) is 0 Å². The molecule has 0 saturated heterocycles. The van der Waals surface area contributed by atoms with E-state index in [1.165, 1.54) is 7.11 Å². The molecular weight excluding hydrogens is 194 g/mol. The lowest BCUT2D eigenvalue weighted by atomic mass is 10.6. The molecule has 0 aromatic carbocycles. The molecule has 0 aliphatic heterocycles. The van der Waals surface area contributed by atoms with E-state index < -0.39 is 5.82 Å². The summed E-state index contributed by atoms with van der Waals surface area (Å²) in [4.78, 5) is 6.85. The van der Waals surface area contributed by atoms with Gasteiger partial charge in [0.15, 0.2) is 16.1 Å². The maximum absolute atomic E-state index is 12.6. The van der Waals surface area contributed by atoms with E-state index in [0.717, 1.165) is 0 Å². The Morgan fingerprint density at radius 2 is 1.73 bits per heavy atom. The first kappa shape index (κ1) is 8.49. The Morgan fingerprint density at radius 3 is 2.09 bits per heavy atom. The second-order valence-electron chi connectivity index (χ2n) is 1.61. The lowest BCUT2D eigenvalue weighted by molar-refractivity contribution is 0.377. The minimum absolute atomic E-state index is 0.0543. The van der Waals surface area contributed by atoms with Crippen molar-refractivity contribution in [3.05, 3.63) is 16.1 Å². The van der Waals surface area contributed by atoms with Crippen LogP contribution in [0.3, 0.4) is 0 Å². The fraction of sp³-hybridized carbons (Fsp3) is 0.200. The molecule has 0 amide bonds. The van der Waals surface area contributed by atoms with Gasteiger partial charge in [-0.2, -0.15) is 9.97 Å². The molecule has 1 aromatic heterocycles. The number of nitrogens with zero attached hydrogens (tertiary/aromatic N) is 2.